The van der Waals surface area contributed by atoms with Crippen LogP contribution in [0.15, 0.2) is 79.0 Å². The molecule has 0 aliphatic heterocycles. The van der Waals surface area contributed by atoms with E-state index in [0.717, 1.165) is 28.9 Å². The van der Waals surface area contributed by atoms with Gasteiger partial charge in [0.15, 0.2) is 11.6 Å². The molecule has 1 N–H and O–H groups in total. The topological polar surface area (TPSA) is 42.7 Å². The molecule has 1 aliphatic rings. The zero-order chi connectivity index (χ0) is 20.5. The van der Waals surface area contributed by atoms with Gasteiger partial charge in [0.1, 0.15) is 0 Å². The fraction of sp³-hybridized carbons (Fsp3) is 0.167. The maximum absolute atomic E-state index is 13.4. The molecule has 158 valence electrons. The number of halogens is 3. The van der Waals surface area contributed by atoms with Crippen LogP contribution in [0.5, 0.6) is 0 Å². The second-order valence-electron chi connectivity index (χ2n) is 7.57. The first-order chi connectivity index (χ1) is 14.7. The van der Waals surface area contributed by atoms with Gasteiger partial charge in [-0.05, 0) is 47.4 Å². The molecule has 1 aromatic heterocycles. The van der Waals surface area contributed by atoms with Gasteiger partial charge in [0.25, 0.3) is 0 Å². The third-order valence-corrected chi connectivity index (χ3v) is 5.49. The highest BCUT2D eigenvalue weighted by Crippen LogP contribution is 2.41. The molecule has 0 saturated heterocycles. The summed E-state index contributed by atoms with van der Waals surface area (Å²) in [6.07, 6.45) is 2.81. The van der Waals surface area contributed by atoms with E-state index >= 15 is 0 Å². The van der Waals surface area contributed by atoms with Gasteiger partial charge in [-0.25, -0.2) is 13.5 Å². The Bertz CT molecular complexity index is 1160. The van der Waals surface area contributed by atoms with Crippen molar-refractivity contribution < 1.29 is 8.78 Å². The van der Waals surface area contributed by atoms with E-state index in [9.17, 15) is 8.78 Å². The molecule has 7 heteroatoms. The van der Waals surface area contributed by atoms with Gasteiger partial charge in [0.2, 0.25) is 0 Å². The Kier molecular flexibility index (Phi) is 6.11. The molecule has 0 amide bonds. The quantitative estimate of drug-likeness (QED) is 0.445. The van der Waals surface area contributed by atoms with Gasteiger partial charge >= 0.3 is 0 Å². The normalized spacial score (nSPS) is 17.2. The number of aromatic nitrogens is 3. The smallest absolute Gasteiger partial charge is 0.159 e. The summed E-state index contributed by atoms with van der Waals surface area (Å²) >= 11 is 0. The minimum atomic E-state index is -0.808. The van der Waals surface area contributed by atoms with Crippen molar-refractivity contribution in [1.82, 2.24) is 20.3 Å². The van der Waals surface area contributed by atoms with E-state index in [1.165, 1.54) is 17.7 Å². The molecule has 5 rings (SSSR count). The van der Waals surface area contributed by atoms with E-state index < -0.39 is 11.6 Å². The third-order valence-electron chi connectivity index (χ3n) is 5.49. The molecule has 0 unspecified atom stereocenters. The van der Waals surface area contributed by atoms with Gasteiger partial charge < -0.3 is 5.32 Å². The first-order valence-corrected chi connectivity index (χ1v) is 9.93. The van der Waals surface area contributed by atoms with Crippen LogP contribution in [0, 0.1) is 11.6 Å². The molecule has 31 heavy (non-hydrogen) atoms. The molecular formula is C24H21ClF2N4. The molecule has 2 atom stereocenters. The average molecular weight is 439 g/mol. The number of nitrogens with zero attached hydrogens (tertiary/aromatic N) is 3. The number of nitrogens with one attached hydrogen (secondary N) is 1. The lowest BCUT2D eigenvalue weighted by Crippen LogP contribution is -2.17. The molecule has 1 fully saturated rings. The highest BCUT2D eigenvalue weighted by molar-refractivity contribution is 5.85. The largest absolute Gasteiger partial charge is 0.308 e. The number of rotatable bonds is 6. The Morgan fingerprint density at radius 2 is 1.65 bits per heavy atom. The van der Waals surface area contributed by atoms with Crippen LogP contribution in [-0.2, 0) is 6.54 Å². The van der Waals surface area contributed by atoms with Crippen LogP contribution in [0.2, 0.25) is 0 Å². The lowest BCUT2D eigenvalue weighted by atomic mass is 10.1. The van der Waals surface area contributed by atoms with Crippen molar-refractivity contribution in [1.29, 1.82) is 0 Å². The standard InChI is InChI=1S/C24H20F2N4.ClH/c25-22-11-8-18(12-23(22)26)21-13-24(21)27-14-19-15-30(29-28-19)20-9-6-17(7-10-20)16-4-2-1-3-5-16;/h1-12,15,21,24,27H,13-14H2;1H/t21-,24+;/m0./s1. The van der Waals surface area contributed by atoms with Crippen LogP contribution in [0.25, 0.3) is 16.8 Å². The Balaban J connectivity index is 0.00000231. The Morgan fingerprint density at radius 3 is 2.39 bits per heavy atom. The molecule has 1 saturated carbocycles. The van der Waals surface area contributed by atoms with Crippen LogP contribution >= 0.6 is 12.4 Å². The van der Waals surface area contributed by atoms with Crippen molar-refractivity contribution in [2.45, 2.75) is 24.9 Å². The van der Waals surface area contributed by atoms with Crippen LogP contribution in [0.3, 0.4) is 0 Å². The molecule has 1 heterocycles. The lowest BCUT2D eigenvalue weighted by molar-refractivity contribution is 0.506. The molecule has 4 aromatic rings. The third kappa shape index (κ3) is 4.65. The predicted octanol–water partition coefficient (Wildman–Crippen LogP) is 5.28. The number of hydrogen-bond donors (Lipinski definition) is 1. The summed E-state index contributed by atoms with van der Waals surface area (Å²) in [5, 5.41) is 11.9. The fourth-order valence-corrected chi connectivity index (χ4v) is 3.71. The van der Waals surface area contributed by atoms with Crippen LogP contribution in [0.1, 0.15) is 23.6 Å². The predicted molar refractivity (Wildman–Crippen MR) is 118 cm³/mol. The summed E-state index contributed by atoms with van der Waals surface area (Å²) in [6, 6.07) is 22.8. The average Bonchev–Trinajstić information content (AvgIpc) is 3.41. The molecule has 4 nitrogen and oxygen atoms in total. The van der Waals surface area contributed by atoms with Crippen LogP contribution in [-0.4, -0.2) is 21.0 Å². The molecular weight excluding hydrogens is 418 g/mol. The van der Waals surface area contributed by atoms with Crippen molar-refractivity contribution in [3.05, 3.63) is 102 Å². The summed E-state index contributed by atoms with van der Waals surface area (Å²) in [6.45, 7) is 0.576. The first-order valence-electron chi connectivity index (χ1n) is 9.93. The van der Waals surface area contributed by atoms with E-state index in [2.05, 4.69) is 39.9 Å². The Hall–Kier alpha value is -3.09. The van der Waals surface area contributed by atoms with Gasteiger partial charge in [0, 0.05) is 18.5 Å². The van der Waals surface area contributed by atoms with Gasteiger partial charge in [-0.2, -0.15) is 0 Å². The second-order valence-corrected chi connectivity index (χ2v) is 7.57. The van der Waals surface area contributed by atoms with Gasteiger partial charge in [-0.1, -0.05) is 53.7 Å². The molecule has 0 spiro atoms. The van der Waals surface area contributed by atoms with Crippen molar-refractivity contribution in [2.24, 2.45) is 0 Å². The van der Waals surface area contributed by atoms with Crippen molar-refractivity contribution in [2.75, 3.05) is 0 Å². The Labute approximate surface area is 185 Å². The Morgan fingerprint density at radius 1 is 0.903 bits per heavy atom. The first kappa shape index (κ1) is 21.2. The second kappa shape index (κ2) is 8.96. The minimum absolute atomic E-state index is 0. The zero-order valence-electron chi connectivity index (χ0n) is 16.6. The zero-order valence-corrected chi connectivity index (χ0v) is 17.4. The molecule has 0 bridgehead atoms. The number of hydrogen-bond acceptors (Lipinski definition) is 3. The minimum Gasteiger partial charge on any atom is -0.308 e. The highest BCUT2D eigenvalue weighted by atomic mass is 35.5. The van der Waals surface area contributed by atoms with Crippen LogP contribution < -0.4 is 5.32 Å². The fourth-order valence-electron chi connectivity index (χ4n) is 3.71. The lowest BCUT2D eigenvalue weighted by Gasteiger charge is -2.04. The van der Waals surface area contributed by atoms with Crippen molar-refractivity contribution in [3.8, 4) is 16.8 Å². The maximum atomic E-state index is 13.4. The van der Waals surface area contributed by atoms with E-state index in [1.807, 2.05) is 36.5 Å². The monoisotopic (exact) mass is 438 g/mol. The van der Waals surface area contributed by atoms with Crippen LogP contribution in [0.4, 0.5) is 8.78 Å². The van der Waals surface area contributed by atoms with E-state index in [4.69, 9.17) is 0 Å². The summed E-state index contributed by atoms with van der Waals surface area (Å²) in [4.78, 5) is 0. The molecule has 1 aliphatic carbocycles. The van der Waals surface area contributed by atoms with Gasteiger partial charge in [-0.3, -0.25) is 0 Å². The SMILES string of the molecule is Cl.Fc1ccc([C@@H]2C[C@H]2NCc2cn(-c3ccc(-c4ccccc4)cc3)nn2)cc1F. The van der Waals surface area contributed by atoms with Crippen molar-refractivity contribution >= 4 is 12.4 Å². The van der Waals surface area contributed by atoms with Crippen molar-refractivity contribution in [3.63, 3.8) is 0 Å². The van der Waals surface area contributed by atoms with E-state index in [0.29, 0.717) is 6.54 Å². The van der Waals surface area contributed by atoms with E-state index in [-0.39, 0.29) is 24.4 Å². The summed E-state index contributed by atoms with van der Waals surface area (Å²) < 4.78 is 28.3. The van der Waals surface area contributed by atoms with Gasteiger partial charge in [0.05, 0.1) is 17.6 Å². The molecule has 0 radical (unpaired) electrons. The summed E-state index contributed by atoms with van der Waals surface area (Å²) in [7, 11) is 0. The summed E-state index contributed by atoms with van der Waals surface area (Å²) in [5.74, 6) is -1.39. The molecule has 3 aromatic carbocycles. The number of benzene rings is 3. The maximum Gasteiger partial charge on any atom is 0.159 e. The highest BCUT2D eigenvalue weighted by Gasteiger charge is 2.38. The van der Waals surface area contributed by atoms with Gasteiger partial charge in [-0.15, -0.1) is 17.5 Å². The van der Waals surface area contributed by atoms with E-state index in [1.54, 1.807) is 10.7 Å². The summed E-state index contributed by atoms with van der Waals surface area (Å²) in [5.41, 5.74) is 4.93.